The topological polar surface area (TPSA) is 30.9 Å². The molecule has 0 fully saturated rings. The molecule has 1 aromatic heterocycles. The van der Waals surface area contributed by atoms with E-state index in [0.29, 0.717) is 11.8 Å². The van der Waals surface area contributed by atoms with Gasteiger partial charge in [-0.25, -0.2) is 0 Å². The van der Waals surface area contributed by atoms with E-state index in [0.717, 1.165) is 24.2 Å². The summed E-state index contributed by atoms with van der Waals surface area (Å²) < 4.78 is 2.31. The smallest absolute Gasteiger partial charge is 0.0538 e. The molecule has 0 saturated heterocycles. The Labute approximate surface area is 264 Å². The maximum Gasteiger partial charge on any atom is 0.0538 e. The molecule has 45 heavy (non-hydrogen) atoms. The van der Waals surface area contributed by atoms with Crippen LogP contribution >= 0.6 is 0 Å². The molecule has 2 N–H and O–H groups in total. The Bertz CT molecular complexity index is 2240. The molecule has 1 heterocycles. The minimum absolute atomic E-state index is 0.337. The number of benzene rings is 5. The Kier molecular flexibility index (Phi) is 6.84. The van der Waals surface area contributed by atoms with Crippen molar-refractivity contribution in [1.82, 2.24) is 4.57 Å². The molecule has 2 unspecified atom stereocenters. The second-order valence-corrected chi connectivity index (χ2v) is 12.2. The summed E-state index contributed by atoms with van der Waals surface area (Å²) in [6, 6.07) is 33.7. The maximum atomic E-state index is 5.94. The van der Waals surface area contributed by atoms with Crippen molar-refractivity contribution >= 4 is 38.5 Å². The summed E-state index contributed by atoms with van der Waals surface area (Å²) >= 11 is 0. The van der Waals surface area contributed by atoms with E-state index < -0.39 is 0 Å². The largest absolute Gasteiger partial charge is 0.405 e. The average Bonchev–Trinajstić information content (AvgIpc) is 3.38. The van der Waals surface area contributed by atoms with Crippen molar-refractivity contribution in [3.05, 3.63) is 168 Å². The zero-order valence-corrected chi connectivity index (χ0v) is 25.5. The van der Waals surface area contributed by atoms with Crippen molar-refractivity contribution in [3.63, 3.8) is 0 Å². The Morgan fingerprint density at radius 1 is 0.622 bits per heavy atom. The highest BCUT2D eigenvalue weighted by Gasteiger charge is 2.23. The fourth-order valence-corrected chi connectivity index (χ4v) is 7.61. The van der Waals surface area contributed by atoms with E-state index in [9.17, 15) is 0 Å². The van der Waals surface area contributed by atoms with Gasteiger partial charge in [-0.1, -0.05) is 109 Å². The molecule has 0 amide bonds. The molecule has 0 bridgehead atoms. The van der Waals surface area contributed by atoms with E-state index >= 15 is 0 Å². The summed E-state index contributed by atoms with van der Waals surface area (Å²) in [7, 11) is 0. The van der Waals surface area contributed by atoms with E-state index in [1.165, 1.54) is 60.3 Å². The molecular weight excluding hydrogens is 544 g/mol. The van der Waals surface area contributed by atoms with Crippen molar-refractivity contribution in [1.29, 1.82) is 0 Å². The van der Waals surface area contributed by atoms with E-state index in [4.69, 9.17) is 5.73 Å². The Morgan fingerprint density at radius 2 is 1.20 bits per heavy atom. The molecule has 2 aliphatic rings. The quantitative estimate of drug-likeness (QED) is 0.202. The van der Waals surface area contributed by atoms with Crippen LogP contribution in [0, 0.1) is 6.92 Å². The van der Waals surface area contributed by atoms with Gasteiger partial charge in [0.25, 0.3) is 0 Å². The van der Waals surface area contributed by atoms with Gasteiger partial charge in [-0.3, -0.25) is 0 Å². The van der Waals surface area contributed by atoms with Crippen LogP contribution < -0.4 is 5.73 Å². The van der Waals surface area contributed by atoms with Crippen LogP contribution in [0.5, 0.6) is 0 Å². The van der Waals surface area contributed by atoms with Gasteiger partial charge in [0, 0.05) is 22.9 Å². The molecule has 2 aliphatic carbocycles. The number of hydrogen-bond acceptors (Lipinski definition) is 1. The molecule has 2 atom stereocenters. The molecule has 0 radical (unpaired) electrons. The zero-order valence-electron chi connectivity index (χ0n) is 25.5. The third-order valence-corrected chi connectivity index (χ3v) is 9.68. The Morgan fingerprint density at radius 3 is 1.82 bits per heavy atom. The first-order chi connectivity index (χ1) is 22.2. The van der Waals surface area contributed by atoms with Crippen LogP contribution in [0.2, 0.25) is 0 Å². The van der Waals surface area contributed by atoms with Gasteiger partial charge in [0.1, 0.15) is 0 Å². The van der Waals surface area contributed by atoms with Gasteiger partial charge in [0.05, 0.1) is 11.2 Å². The lowest BCUT2D eigenvalue weighted by atomic mass is 9.78. The number of para-hydroxylation sites is 1. The number of allylic oxidation sites excluding steroid dienone is 8. The van der Waals surface area contributed by atoms with Crippen molar-refractivity contribution in [3.8, 4) is 16.8 Å². The van der Waals surface area contributed by atoms with Crippen LogP contribution in [0.3, 0.4) is 0 Å². The number of nitrogens with two attached hydrogens (primary N) is 1. The van der Waals surface area contributed by atoms with Crippen LogP contribution in [0.25, 0.3) is 55.3 Å². The zero-order chi connectivity index (χ0) is 30.3. The lowest BCUT2D eigenvalue weighted by Gasteiger charge is -2.25. The van der Waals surface area contributed by atoms with Gasteiger partial charge in [-0.15, -0.1) is 0 Å². The average molecular weight is 581 g/mol. The van der Waals surface area contributed by atoms with Gasteiger partial charge in [-0.05, 0) is 112 Å². The molecule has 6 aromatic rings. The van der Waals surface area contributed by atoms with E-state index in [2.05, 4.69) is 151 Å². The fourth-order valence-electron chi connectivity index (χ4n) is 7.61. The maximum absolute atomic E-state index is 5.94. The summed E-state index contributed by atoms with van der Waals surface area (Å²) in [5.74, 6) is 0.693. The van der Waals surface area contributed by atoms with E-state index in [1.54, 1.807) is 6.20 Å². The fraction of sp³-hybridized carbons (Fsp3) is 0.116. The van der Waals surface area contributed by atoms with Gasteiger partial charge in [0.2, 0.25) is 0 Å². The third-order valence-electron chi connectivity index (χ3n) is 9.68. The lowest BCUT2D eigenvalue weighted by molar-refractivity contribution is 0.859. The van der Waals surface area contributed by atoms with Crippen LogP contribution in [-0.4, -0.2) is 4.57 Å². The molecule has 218 valence electrons. The van der Waals surface area contributed by atoms with Gasteiger partial charge < -0.3 is 10.3 Å². The molecule has 8 rings (SSSR count). The van der Waals surface area contributed by atoms with Crippen molar-refractivity contribution in [2.75, 3.05) is 0 Å². The van der Waals surface area contributed by atoms with Gasteiger partial charge in [0.15, 0.2) is 0 Å². The second kappa shape index (κ2) is 11.3. The predicted octanol–water partition coefficient (Wildman–Crippen LogP) is 11.0. The highest BCUT2D eigenvalue weighted by Crippen LogP contribution is 2.45. The summed E-state index contributed by atoms with van der Waals surface area (Å²) in [5, 5.41) is 6.71. The Balaban J connectivity index is 1.37. The number of aryl methyl sites for hydroxylation is 1. The monoisotopic (exact) mass is 580 g/mol. The number of nitrogens with zero attached hydrogens (tertiary/aromatic N) is 1. The minimum Gasteiger partial charge on any atom is -0.405 e. The minimum atomic E-state index is 0.337. The predicted molar refractivity (Wildman–Crippen MR) is 193 cm³/mol. The number of aromatic nitrogens is 1. The van der Waals surface area contributed by atoms with Crippen LogP contribution in [0.15, 0.2) is 146 Å². The number of hydrogen-bond donors (Lipinski definition) is 1. The van der Waals surface area contributed by atoms with Crippen molar-refractivity contribution in [2.45, 2.75) is 31.6 Å². The molecule has 0 saturated carbocycles. The standard InChI is InChI=1S/C43H36N2/c1-29-38-27-33(22-24-41(38)45(40(29)25-26-44)34-17-9-4-10-18-34)32-21-23-37-39(28-32)43(31-15-7-3-8-16-31)36-20-12-11-19-35(36)42(37)30-13-5-2-6-14-30/h2-13,15,17-28,30-31H,14,16,44H2,1H3/b26-25-. The molecular formula is C43H36N2. The van der Waals surface area contributed by atoms with Gasteiger partial charge in [-0.2, -0.15) is 0 Å². The summed E-state index contributed by atoms with van der Waals surface area (Å²) in [5.41, 5.74) is 15.9. The Hall–Kier alpha value is -5.34. The van der Waals surface area contributed by atoms with Gasteiger partial charge >= 0.3 is 0 Å². The number of rotatable bonds is 5. The van der Waals surface area contributed by atoms with E-state index in [1.807, 2.05) is 6.08 Å². The summed E-state index contributed by atoms with van der Waals surface area (Å²) in [6.45, 7) is 2.20. The van der Waals surface area contributed by atoms with Crippen LogP contribution in [-0.2, 0) is 0 Å². The normalized spacial score (nSPS) is 17.8. The molecule has 0 spiro atoms. The first-order valence-electron chi connectivity index (χ1n) is 16.0. The first-order valence-corrected chi connectivity index (χ1v) is 16.0. The van der Waals surface area contributed by atoms with Crippen LogP contribution in [0.1, 0.15) is 47.1 Å². The molecule has 2 nitrogen and oxygen atoms in total. The molecule has 5 aromatic carbocycles. The first kappa shape index (κ1) is 27.2. The molecule has 0 aliphatic heterocycles. The van der Waals surface area contributed by atoms with Crippen molar-refractivity contribution in [2.24, 2.45) is 5.73 Å². The van der Waals surface area contributed by atoms with E-state index in [-0.39, 0.29) is 0 Å². The van der Waals surface area contributed by atoms with Crippen molar-refractivity contribution < 1.29 is 0 Å². The summed E-state index contributed by atoms with van der Waals surface area (Å²) in [4.78, 5) is 0. The third kappa shape index (κ3) is 4.57. The highest BCUT2D eigenvalue weighted by molar-refractivity contribution is 6.08. The second-order valence-electron chi connectivity index (χ2n) is 12.2. The molecule has 2 heteroatoms. The number of fused-ring (bicyclic) bond motifs is 3. The SMILES string of the molecule is Cc1c(/C=C\N)n(-c2ccccc2)c2ccc(-c3ccc4c(C5C=CC=CC5)c5ccccc5c(C5C=CC=CC5)c4c3)cc12. The highest BCUT2D eigenvalue weighted by atomic mass is 15.0. The summed E-state index contributed by atoms with van der Waals surface area (Å²) in [6.07, 6.45) is 23.8. The van der Waals surface area contributed by atoms with Crippen LogP contribution in [0.4, 0.5) is 0 Å². The lowest BCUT2D eigenvalue weighted by Crippen LogP contribution is -2.05.